The first-order valence-electron chi connectivity index (χ1n) is 4.50. The number of azide groups is 1. The lowest BCUT2D eigenvalue weighted by molar-refractivity contribution is -0.167. The smallest absolute Gasteiger partial charge is 0.338 e. The van der Waals surface area contributed by atoms with Gasteiger partial charge in [-0.25, -0.2) is 4.79 Å². The summed E-state index contributed by atoms with van der Waals surface area (Å²) in [6, 6.07) is -0.700. The van der Waals surface area contributed by atoms with Crippen molar-refractivity contribution >= 4 is 5.97 Å². The Hall–Kier alpha value is -1.26. The molecule has 2 atom stereocenters. The summed E-state index contributed by atoms with van der Waals surface area (Å²) in [5.74, 6) is -0.713. The predicted octanol–water partition coefficient (Wildman–Crippen LogP) is 1.14. The Morgan fingerprint density at radius 1 is 1.71 bits per heavy atom. The number of esters is 1. The fourth-order valence-corrected chi connectivity index (χ4v) is 1.77. The van der Waals surface area contributed by atoms with Crippen molar-refractivity contribution in [2.75, 3.05) is 7.11 Å². The number of ether oxygens (including phenoxy) is 1. The van der Waals surface area contributed by atoms with Crippen molar-refractivity contribution in [3.8, 4) is 0 Å². The molecule has 78 valence electrons. The van der Waals surface area contributed by atoms with Crippen LogP contribution in [0, 0.1) is 0 Å². The third-order valence-corrected chi connectivity index (χ3v) is 2.57. The molecular weight excluding hydrogens is 186 g/mol. The molecule has 0 aromatic carbocycles. The first-order chi connectivity index (χ1) is 6.65. The van der Waals surface area contributed by atoms with E-state index in [1.165, 1.54) is 7.11 Å². The monoisotopic (exact) mass is 199 g/mol. The Balaban J connectivity index is 2.89. The molecule has 1 aliphatic rings. The highest BCUT2D eigenvalue weighted by atomic mass is 16.5. The second-order valence-electron chi connectivity index (χ2n) is 3.38. The van der Waals surface area contributed by atoms with E-state index >= 15 is 0 Å². The number of nitrogens with zero attached hydrogens (tertiary/aromatic N) is 3. The van der Waals surface area contributed by atoms with Gasteiger partial charge in [-0.2, -0.15) is 0 Å². The molecule has 1 rings (SSSR count). The van der Waals surface area contributed by atoms with Gasteiger partial charge in [-0.3, -0.25) is 0 Å². The van der Waals surface area contributed by atoms with Gasteiger partial charge < -0.3 is 9.84 Å². The molecule has 0 saturated heterocycles. The number of hydrogen-bond acceptors (Lipinski definition) is 4. The largest absolute Gasteiger partial charge is 0.467 e. The number of methoxy groups -OCH3 is 1. The van der Waals surface area contributed by atoms with E-state index < -0.39 is 17.6 Å². The average molecular weight is 199 g/mol. The van der Waals surface area contributed by atoms with E-state index in [4.69, 9.17) is 5.53 Å². The minimum Gasteiger partial charge on any atom is -0.467 e. The van der Waals surface area contributed by atoms with E-state index in [0.29, 0.717) is 12.8 Å². The molecule has 0 radical (unpaired) electrons. The maximum absolute atomic E-state index is 11.3. The van der Waals surface area contributed by atoms with Crippen molar-refractivity contribution < 1.29 is 14.6 Å². The number of aliphatic hydroxyl groups is 1. The van der Waals surface area contributed by atoms with Crippen molar-refractivity contribution in [1.82, 2.24) is 0 Å². The van der Waals surface area contributed by atoms with E-state index in [1.807, 2.05) is 0 Å². The lowest BCUT2D eigenvalue weighted by Crippen LogP contribution is -2.51. The Kier molecular flexibility index (Phi) is 3.33. The van der Waals surface area contributed by atoms with Crippen LogP contribution in [-0.4, -0.2) is 29.8 Å². The zero-order chi connectivity index (χ0) is 10.6. The second-order valence-corrected chi connectivity index (χ2v) is 3.38. The predicted molar refractivity (Wildman–Crippen MR) is 48.4 cm³/mol. The third kappa shape index (κ3) is 1.81. The second kappa shape index (κ2) is 4.30. The van der Waals surface area contributed by atoms with Crippen LogP contribution < -0.4 is 0 Å². The Morgan fingerprint density at radius 3 is 3.00 bits per heavy atom. The first-order valence-corrected chi connectivity index (χ1v) is 4.50. The van der Waals surface area contributed by atoms with Crippen LogP contribution in [0.5, 0.6) is 0 Å². The summed E-state index contributed by atoms with van der Waals surface area (Å²) in [5, 5.41) is 13.4. The molecule has 0 amide bonds. The fourth-order valence-electron chi connectivity index (χ4n) is 1.77. The van der Waals surface area contributed by atoms with Gasteiger partial charge in [0.05, 0.1) is 13.2 Å². The summed E-state index contributed by atoms with van der Waals surface area (Å²) in [4.78, 5) is 13.9. The molecule has 6 nitrogen and oxygen atoms in total. The van der Waals surface area contributed by atoms with Crippen molar-refractivity contribution in [1.29, 1.82) is 0 Å². The van der Waals surface area contributed by atoms with Gasteiger partial charge in [-0.15, -0.1) is 0 Å². The highest BCUT2D eigenvalue weighted by Gasteiger charge is 2.46. The fraction of sp³-hybridized carbons (Fsp3) is 0.875. The maximum Gasteiger partial charge on any atom is 0.338 e. The number of hydrogen-bond donors (Lipinski definition) is 1. The topological polar surface area (TPSA) is 95.3 Å². The number of carbonyl (C=O) groups is 1. The average Bonchev–Trinajstić information content (AvgIpc) is 2.20. The molecule has 0 bridgehead atoms. The van der Waals surface area contributed by atoms with Crippen LogP contribution in [0.4, 0.5) is 0 Å². The van der Waals surface area contributed by atoms with E-state index in [0.717, 1.165) is 12.8 Å². The van der Waals surface area contributed by atoms with Crippen LogP contribution in [0.15, 0.2) is 5.11 Å². The van der Waals surface area contributed by atoms with Crippen molar-refractivity contribution in [3.05, 3.63) is 10.4 Å². The van der Waals surface area contributed by atoms with Gasteiger partial charge in [0.15, 0.2) is 5.60 Å². The molecule has 1 saturated carbocycles. The van der Waals surface area contributed by atoms with Crippen LogP contribution in [0.1, 0.15) is 25.7 Å². The molecule has 6 heteroatoms. The van der Waals surface area contributed by atoms with Gasteiger partial charge >= 0.3 is 5.97 Å². The van der Waals surface area contributed by atoms with Gasteiger partial charge in [0.25, 0.3) is 0 Å². The summed E-state index contributed by atoms with van der Waals surface area (Å²) in [6.45, 7) is 0. The molecule has 0 heterocycles. The zero-order valence-corrected chi connectivity index (χ0v) is 8.01. The van der Waals surface area contributed by atoms with Gasteiger partial charge in [-0.1, -0.05) is 11.5 Å². The molecule has 0 aliphatic heterocycles. The lowest BCUT2D eigenvalue weighted by atomic mass is 9.81. The molecule has 0 spiro atoms. The highest BCUT2D eigenvalue weighted by molar-refractivity contribution is 5.80. The number of rotatable bonds is 2. The summed E-state index contributed by atoms with van der Waals surface area (Å²) < 4.78 is 4.50. The normalized spacial score (nSPS) is 31.7. The van der Waals surface area contributed by atoms with Crippen LogP contribution in [0.3, 0.4) is 0 Å². The summed E-state index contributed by atoms with van der Waals surface area (Å²) in [5.41, 5.74) is 6.67. The molecule has 0 aromatic heterocycles. The van der Waals surface area contributed by atoms with Gasteiger partial charge in [0.2, 0.25) is 0 Å². The third-order valence-electron chi connectivity index (χ3n) is 2.57. The highest BCUT2D eigenvalue weighted by Crippen LogP contribution is 2.31. The summed E-state index contributed by atoms with van der Waals surface area (Å²) in [7, 11) is 1.21. The Bertz CT molecular complexity index is 275. The van der Waals surface area contributed by atoms with E-state index in [-0.39, 0.29) is 0 Å². The Morgan fingerprint density at radius 2 is 2.43 bits per heavy atom. The Labute approximate surface area is 81.5 Å². The quantitative estimate of drug-likeness (QED) is 0.312. The van der Waals surface area contributed by atoms with E-state index in [1.54, 1.807) is 0 Å². The molecular formula is C8H13N3O3. The summed E-state index contributed by atoms with van der Waals surface area (Å²) >= 11 is 0. The maximum atomic E-state index is 11.3. The standard InChI is InChI=1S/C8H13N3O3/c1-14-7(12)8(13)5-3-2-4-6(8)10-11-9/h6,13H,2-5H2,1H3/t6-,8-/m1/s1. The summed E-state index contributed by atoms with van der Waals surface area (Å²) in [6.07, 6.45) is 2.41. The molecule has 0 unspecified atom stereocenters. The molecule has 14 heavy (non-hydrogen) atoms. The van der Waals surface area contributed by atoms with E-state index in [2.05, 4.69) is 14.8 Å². The minimum absolute atomic E-state index is 0.295. The van der Waals surface area contributed by atoms with Crippen molar-refractivity contribution in [2.45, 2.75) is 37.3 Å². The van der Waals surface area contributed by atoms with Crippen LogP contribution in [0.2, 0.25) is 0 Å². The van der Waals surface area contributed by atoms with Crippen LogP contribution in [-0.2, 0) is 9.53 Å². The molecule has 1 aliphatic carbocycles. The SMILES string of the molecule is COC(=O)[C@@]1(O)CCCC[C@H]1N=[N+]=[N-]. The zero-order valence-electron chi connectivity index (χ0n) is 8.01. The van der Waals surface area contributed by atoms with Gasteiger partial charge in [0, 0.05) is 4.91 Å². The van der Waals surface area contributed by atoms with Crippen molar-refractivity contribution in [2.24, 2.45) is 5.11 Å². The first kappa shape index (κ1) is 10.8. The number of carbonyl (C=O) groups excluding carboxylic acids is 1. The molecule has 1 fully saturated rings. The van der Waals surface area contributed by atoms with Crippen molar-refractivity contribution in [3.63, 3.8) is 0 Å². The molecule has 0 aromatic rings. The minimum atomic E-state index is -1.63. The van der Waals surface area contributed by atoms with Crippen LogP contribution in [0.25, 0.3) is 10.4 Å². The lowest BCUT2D eigenvalue weighted by Gasteiger charge is -2.34. The van der Waals surface area contributed by atoms with Gasteiger partial charge in [0.1, 0.15) is 0 Å². The molecule has 1 N–H and O–H groups in total. The van der Waals surface area contributed by atoms with Crippen LogP contribution >= 0.6 is 0 Å². The van der Waals surface area contributed by atoms with Gasteiger partial charge in [-0.05, 0) is 24.8 Å². The van der Waals surface area contributed by atoms with E-state index in [9.17, 15) is 9.90 Å².